The van der Waals surface area contributed by atoms with Crippen LogP contribution in [0.5, 0.6) is 5.75 Å². The summed E-state index contributed by atoms with van der Waals surface area (Å²) >= 11 is 5.92. The van der Waals surface area contributed by atoms with Crippen LogP contribution in [-0.4, -0.2) is 28.4 Å². The van der Waals surface area contributed by atoms with Gasteiger partial charge in [-0.3, -0.25) is 4.79 Å². The molecule has 0 aliphatic carbocycles. The number of nitrogens with zero attached hydrogens (tertiary/aromatic N) is 3. The average molecular weight is 314 g/mol. The molecular formula is C16H12ClN3O2. The Morgan fingerprint density at radius 1 is 1.09 bits per heavy atom. The molecule has 0 fully saturated rings. The molecule has 22 heavy (non-hydrogen) atoms. The molecule has 3 aromatic rings. The van der Waals surface area contributed by atoms with Crippen molar-refractivity contribution in [1.82, 2.24) is 15.0 Å². The van der Waals surface area contributed by atoms with E-state index in [2.05, 4.69) is 10.3 Å². The predicted molar refractivity (Wildman–Crippen MR) is 83.7 cm³/mol. The standard InChI is InChI=1S/C16H12ClN3O2/c1-22-14-8-6-13(7-9-14)20-16(15(10-21)18-19-20)11-2-4-12(17)5-3-11/h2-10H,1H3. The van der Waals surface area contributed by atoms with Gasteiger partial charge in [0.15, 0.2) is 12.0 Å². The quantitative estimate of drug-likeness (QED) is 0.693. The first-order valence-electron chi connectivity index (χ1n) is 6.54. The van der Waals surface area contributed by atoms with Crippen molar-refractivity contribution >= 4 is 17.9 Å². The lowest BCUT2D eigenvalue weighted by Gasteiger charge is -2.08. The minimum Gasteiger partial charge on any atom is -0.497 e. The van der Waals surface area contributed by atoms with Crippen molar-refractivity contribution in [2.75, 3.05) is 7.11 Å². The van der Waals surface area contributed by atoms with Crippen LogP contribution in [0, 0.1) is 0 Å². The number of hydrogen-bond donors (Lipinski definition) is 0. The number of carbonyl (C=O) groups excluding carboxylic acids is 1. The highest BCUT2D eigenvalue weighted by Crippen LogP contribution is 2.26. The summed E-state index contributed by atoms with van der Waals surface area (Å²) in [5, 5.41) is 8.63. The molecule has 3 rings (SSSR count). The van der Waals surface area contributed by atoms with Gasteiger partial charge in [-0.05, 0) is 36.4 Å². The van der Waals surface area contributed by atoms with Crippen molar-refractivity contribution in [1.29, 1.82) is 0 Å². The summed E-state index contributed by atoms with van der Waals surface area (Å²) in [7, 11) is 1.61. The summed E-state index contributed by atoms with van der Waals surface area (Å²) in [6.07, 6.45) is 0.691. The molecule has 0 amide bonds. The fourth-order valence-electron chi connectivity index (χ4n) is 2.15. The molecule has 0 saturated carbocycles. The van der Waals surface area contributed by atoms with Crippen molar-refractivity contribution in [3.8, 4) is 22.7 Å². The summed E-state index contributed by atoms with van der Waals surface area (Å²) < 4.78 is 6.76. The van der Waals surface area contributed by atoms with Crippen molar-refractivity contribution in [2.45, 2.75) is 0 Å². The molecule has 0 saturated heterocycles. The number of rotatable bonds is 4. The maximum atomic E-state index is 11.3. The van der Waals surface area contributed by atoms with Crippen LogP contribution in [0.3, 0.4) is 0 Å². The van der Waals surface area contributed by atoms with E-state index in [1.807, 2.05) is 36.4 Å². The van der Waals surface area contributed by atoms with E-state index in [-0.39, 0.29) is 5.69 Å². The van der Waals surface area contributed by atoms with Gasteiger partial charge in [-0.2, -0.15) is 0 Å². The molecule has 110 valence electrons. The van der Waals surface area contributed by atoms with E-state index >= 15 is 0 Å². The number of ether oxygens (including phenoxy) is 1. The molecule has 0 bridgehead atoms. The summed E-state index contributed by atoms with van der Waals surface area (Å²) in [4.78, 5) is 11.3. The van der Waals surface area contributed by atoms with Gasteiger partial charge in [-0.1, -0.05) is 28.9 Å². The topological polar surface area (TPSA) is 57.0 Å². The zero-order valence-electron chi connectivity index (χ0n) is 11.7. The minimum atomic E-state index is 0.276. The van der Waals surface area contributed by atoms with E-state index in [0.29, 0.717) is 17.0 Å². The van der Waals surface area contributed by atoms with Crippen molar-refractivity contribution in [3.63, 3.8) is 0 Å². The fourth-order valence-corrected chi connectivity index (χ4v) is 2.28. The molecule has 2 aromatic carbocycles. The molecule has 0 N–H and O–H groups in total. The Labute approximate surface area is 132 Å². The maximum Gasteiger partial charge on any atom is 0.172 e. The molecule has 1 heterocycles. The van der Waals surface area contributed by atoms with E-state index in [9.17, 15) is 4.79 Å². The highest BCUT2D eigenvalue weighted by atomic mass is 35.5. The van der Waals surface area contributed by atoms with Gasteiger partial charge in [-0.25, -0.2) is 4.68 Å². The molecule has 6 heteroatoms. The van der Waals surface area contributed by atoms with Crippen LogP contribution in [0.25, 0.3) is 16.9 Å². The number of aromatic nitrogens is 3. The second kappa shape index (κ2) is 5.99. The molecule has 0 atom stereocenters. The van der Waals surface area contributed by atoms with E-state index < -0.39 is 0 Å². The molecule has 1 aromatic heterocycles. The third-order valence-electron chi connectivity index (χ3n) is 3.24. The monoisotopic (exact) mass is 313 g/mol. The second-order valence-corrected chi connectivity index (χ2v) is 4.99. The van der Waals surface area contributed by atoms with Gasteiger partial charge in [-0.15, -0.1) is 5.10 Å². The molecular weight excluding hydrogens is 302 g/mol. The summed E-state index contributed by atoms with van der Waals surface area (Å²) in [5.41, 5.74) is 2.49. The van der Waals surface area contributed by atoms with E-state index in [1.54, 1.807) is 23.9 Å². The largest absolute Gasteiger partial charge is 0.497 e. The zero-order valence-corrected chi connectivity index (χ0v) is 12.5. The highest BCUT2D eigenvalue weighted by molar-refractivity contribution is 6.30. The van der Waals surface area contributed by atoms with Gasteiger partial charge in [0.2, 0.25) is 0 Å². The molecule has 5 nitrogen and oxygen atoms in total. The van der Waals surface area contributed by atoms with Crippen LogP contribution in [0.15, 0.2) is 48.5 Å². The van der Waals surface area contributed by atoms with Crippen LogP contribution in [0.1, 0.15) is 10.5 Å². The summed E-state index contributed by atoms with van der Waals surface area (Å²) in [6, 6.07) is 14.5. The SMILES string of the molecule is COc1ccc(-n2nnc(C=O)c2-c2ccc(Cl)cc2)cc1. The Kier molecular flexibility index (Phi) is 3.89. The molecule has 0 aliphatic heterocycles. The van der Waals surface area contributed by atoms with Gasteiger partial charge < -0.3 is 4.74 Å². The smallest absolute Gasteiger partial charge is 0.172 e. The third-order valence-corrected chi connectivity index (χ3v) is 3.49. The van der Waals surface area contributed by atoms with Crippen LogP contribution >= 0.6 is 11.6 Å². The fraction of sp³-hybridized carbons (Fsp3) is 0.0625. The Morgan fingerprint density at radius 3 is 2.36 bits per heavy atom. The minimum absolute atomic E-state index is 0.276. The summed E-state index contributed by atoms with van der Waals surface area (Å²) in [5.74, 6) is 0.743. The molecule has 0 aliphatic rings. The van der Waals surface area contributed by atoms with Gasteiger partial charge in [0.1, 0.15) is 11.4 Å². The number of benzene rings is 2. The van der Waals surface area contributed by atoms with Crippen LogP contribution in [0.4, 0.5) is 0 Å². The molecule has 0 spiro atoms. The molecule has 0 radical (unpaired) electrons. The first kappa shape index (κ1) is 14.3. The second-order valence-electron chi connectivity index (χ2n) is 4.56. The maximum absolute atomic E-state index is 11.3. The van der Waals surface area contributed by atoms with Crippen molar-refractivity contribution in [3.05, 3.63) is 59.2 Å². The normalized spacial score (nSPS) is 10.5. The van der Waals surface area contributed by atoms with Gasteiger partial charge in [0.05, 0.1) is 12.8 Å². The Morgan fingerprint density at radius 2 is 1.77 bits per heavy atom. The van der Waals surface area contributed by atoms with E-state index in [4.69, 9.17) is 16.3 Å². The zero-order chi connectivity index (χ0) is 15.5. The first-order chi connectivity index (χ1) is 10.7. The van der Waals surface area contributed by atoms with Gasteiger partial charge >= 0.3 is 0 Å². The lowest BCUT2D eigenvalue weighted by Crippen LogP contribution is -2.00. The lowest BCUT2D eigenvalue weighted by atomic mass is 10.1. The first-order valence-corrected chi connectivity index (χ1v) is 6.92. The number of aldehydes is 1. The van der Waals surface area contributed by atoms with E-state index in [1.165, 1.54) is 0 Å². The number of hydrogen-bond acceptors (Lipinski definition) is 4. The van der Waals surface area contributed by atoms with Gasteiger partial charge in [0.25, 0.3) is 0 Å². The van der Waals surface area contributed by atoms with E-state index in [0.717, 1.165) is 17.0 Å². The highest BCUT2D eigenvalue weighted by Gasteiger charge is 2.15. The lowest BCUT2D eigenvalue weighted by molar-refractivity contribution is 0.111. The Balaban J connectivity index is 2.13. The summed E-state index contributed by atoms with van der Waals surface area (Å²) in [6.45, 7) is 0. The van der Waals surface area contributed by atoms with Crippen molar-refractivity contribution in [2.24, 2.45) is 0 Å². The van der Waals surface area contributed by atoms with Crippen LogP contribution in [-0.2, 0) is 0 Å². The van der Waals surface area contributed by atoms with Crippen LogP contribution < -0.4 is 4.74 Å². The number of methoxy groups -OCH3 is 1. The Hall–Kier alpha value is -2.66. The Bertz CT molecular complexity index is 795. The van der Waals surface area contributed by atoms with Crippen molar-refractivity contribution < 1.29 is 9.53 Å². The predicted octanol–water partition coefficient (Wildman–Crippen LogP) is 3.41. The number of carbonyl (C=O) groups is 1. The van der Waals surface area contributed by atoms with Gasteiger partial charge in [0, 0.05) is 10.6 Å². The number of halogens is 1. The third kappa shape index (κ3) is 2.58. The molecule has 0 unspecified atom stereocenters. The average Bonchev–Trinajstić information content (AvgIpc) is 2.99. The van der Waals surface area contributed by atoms with Crippen LogP contribution in [0.2, 0.25) is 5.02 Å².